The van der Waals surface area contributed by atoms with E-state index in [-0.39, 0.29) is 11.5 Å². The Morgan fingerprint density at radius 1 is 0.657 bits per heavy atom. The third kappa shape index (κ3) is 3.51. The maximum absolute atomic E-state index is 14.9. The summed E-state index contributed by atoms with van der Waals surface area (Å²) in [4.78, 5) is 0. The Bertz CT molecular complexity index is 1250. The van der Waals surface area contributed by atoms with Crippen molar-refractivity contribution >= 4 is 23.4 Å². The normalized spacial score (nSPS) is 19.4. The van der Waals surface area contributed by atoms with Crippen molar-refractivity contribution in [1.82, 2.24) is 0 Å². The van der Waals surface area contributed by atoms with Gasteiger partial charge in [0.1, 0.15) is 37.4 Å². The van der Waals surface area contributed by atoms with Gasteiger partial charge in [-0.15, -0.1) is 22.8 Å². The second-order valence-corrected chi connectivity index (χ2v) is 8.96. The van der Waals surface area contributed by atoms with Crippen molar-refractivity contribution < 1.29 is 48.5 Å². The molecule has 0 aliphatic heterocycles. The topological polar surface area (TPSA) is 3.01 Å². The van der Waals surface area contributed by atoms with E-state index in [4.69, 9.17) is 0 Å². The van der Waals surface area contributed by atoms with Gasteiger partial charge >= 0.3 is 0 Å². The molecule has 0 bridgehead atoms. The molecule has 0 spiro atoms. The first-order valence-corrected chi connectivity index (χ1v) is 10.5. The van der Waals surface area contributed by atoms with Gasteiger partial charge in [0.25, 0.3) is 0 Å². The third-order valence-corrected chi connectivity index (χ3v) is 6.87. The molecule has 2 aromatic carbocycles. The van der Waals surface area contributed by atoms with Gasteiger partial charge in [0, 0.05) is 6.42 Å². The molecule has 2 aliphatic carbocycles. The molecular weight excluding hydrogens is 491 g/mol. The lowest BCUT2D eigenvalue weighted by Gasteiger charge is -2.33. The number of halogens is 10. The van der Waals surface area contributed by atoms with Crippen LogP contribution in [-0.4, -0.2) is 31.1 Å². The molecule has 12 heteroatoms. The second-order valence-electron chi connectivity index (χ2n) is 8.96. The van der Waals surface area contributed by atoms with Crippen molar-refractivity contribution in [3.8, 4) is 0 Å². The van der Waals surface area contributed by atoms with Crippen LogP contribution in [0.5, 0.6) is 0 Å². The summed E-state index contributed by atoms with van der Waals surface area (Å²) in [6, 6.07) is 0. The summed E-state index contributed by atoms with van der Waals surface area (Å²) < 4.78 is 145. The second kappa shape index (κ2) is 8.56. The molecule has 186 valence electrons. The van der Waals surface area contributed by atoms with Crippen molar-refractivity contribution in [2.45, 2.75) is 19.2 Å². The van der Waals surface area contributed by atoms with Gasteiger partial charge in [-0.1, -0.05) is 13.0 Å². The highest BCUT2D eigenvalue weighted by atomic mass is 19.2. The maximum Gasteiger partial charge on any atom is 0.200 e. The lowest BCUT2D eigenvalue weighted by Crippen LogP contribution is -2.53. The minimum Gasteiger partial charge on any atom is -0.239 e. The largest absolute Gasteiger partial charge is 0.239 e. The molecule has 0 amide bonds. The van der Waals surface area contributed by atoms with Gasteiger partial charge in [0.05, 0.1) is 6.71 Å². The summed E-state index contributed by atoms with van der Waals surface area (Å²) in [6.07, 6.45) is 3.08. The highest BCUT2D eigenvalue weighted by Gasteiger charge is 2.43. The Morgan fingerprint density at radius 2 is 1.03 bits per heavy atom. The molecule has 2 aliphatic rings. The van der Waals surface area contributed by atoms with Crippen LogP contribution < -0.4 is 10.9 Å². The minimum absolute atomic E-state index is 0.184. The van der Waals surface area contributed by atoms with E-state index in [0.717, 1.165) is 0 Å². The van der Waals surface area contributed by atoms with E-state index in [1.165, 1.54) is 12.2 Å². The molecule has 0 fully saturated rings. The number of nitrogens with zero attached hydrogens (tertiary/aromatic N) is 1. The number of allylic oxidation sites excluding steroid dienone is 4. The van der Waals surface area contributed by atoms with Crippen LogP contribution in [-0.2, 0) is 0 Å². The van der Waals surface area contributed by atoms with Crippen molar-refractivity contribution in [3.63, 3.8) is 0 Å². The van der Waals surface area contributed by atoms with Crippen LogP contribution in [0.1, 0.15) is 13.3 Å². The Morgan fingerprint density at radius 3 is 1.40 bits per heavy atom. The molecule has 0 aromatic heterocycles. The van der Waals surface area contributed by atoms with E-state index < -0.39 is 81.6 Å². The molecule has 4 rings (SSSR count). The molecule has 2 atom stereocenters. The fraction of sp³-hybridized carbons (Fsp3) is 0.261. The fourth-order valence-corrected chi connectivity index (χ4v) is 5.29. The molecule has 0 saturated heterocycles. The summed E-state index contributed by atoms with van der Waals surface area (Å²) in [6.45, 7) is -1.90. The molecule has 0 heterocycles. The Balaban J connectivity index is 2.14. The van der Waals surface area contributed by atoms with Gasteiger partial charge in [-0.25, -0.2) is 48.5 Å². The maximum atomic E-state index is 14.9. The smallest absolute Gasteiger partial charge is 0.200 e. The summed E-state index contributed by atoms with van der Waals surface area (Å²) in [5.74, 6) is -25.8. The van der Waals surface area contributed by atoms with Gasteiger partial charge in [-0.05, 0) is 17.1 Å². The average Bonchev–Trinajstić information content (AvgIpc) is 3.39. The first-order chi connectivity index (χ1) is 16.3. The van der Waals surface area contributed by atoms with Gasteiger partial charge in [0.2, 0.25) is 0 Å². The first kappa shape index (κ1) is 25.1. The number of rotatable bonds is 3. The molecule has 2 aromatic rings. The van der Waals surface area contributed by atoms with E-state index in [9.17, 15) is 43.9 Å². The lowest BCUT2D eigenvalue weighted by molar-refractivity contribution is -0.465. The Labute approximate surface area is 193 Å². The quantitative estimate of drug-likeness (QED) is 0.191. The van der Waals surface area contributed by atoms with Crippen molar-refractivity contribution in [1.29, 1.82) is 0 Å². The van der Waals surface area contributed by atoms with E-state index in [1.54, 1.807) is 25.6 Å². The summed E-state index contributed by atoms with van der Waals surface area (Å²) in [5.41, 5.74) is -1.84. The zero-order chi connectivity index (χ0) is 26.1. The molecule has 1 nitrogen and oxygen atoms in total. The van der Waals surface area contributed by atoms with Crippen LogP contribution in [0.3, 0.4) is 0 Å². The Hall–Kier alpha value is -3.05. The zero-order valence-electron chi connectivity index (χ0n) is 18.5. The monoisotopic (exact) mass is 507 g/mol. The average molecular weight is 507 g/mol. The van der Waals surface area contributed by atoms with E-state index in [1.807, 2.05) is 0 Å². The summed E-state index contributed by atoms with van der Waals surface area (Å²) >= 11 is 0. The molecular formula is C23H16BF10N. The van der Waals surface area contributed by atoms with Crippen LogP contribution in [0.2, 0.25) is 5.82 Å². The van der Waals surface area contributed by atoms with Gasteiger partial charge < -0.3 is 0 Å². The van der Waals surface area contributed by atoms with Crippen molar-refractivity contribution in [2.75, 3.05) is 14.1 Å². The minimum atomic E-state index is -3.68. The van der Waals surface area contributed by atoms with Crippen LogP contribution in [0.4, 0.5) is 43.9 Å². The molecule has 0 unspecified atom stereocenters. The van der Waals surface area contributed by atoms with Crippen molar-refractivity contribution in [3.05, 3.63) is 81.5 Å². The fourth-order valence-electron chi connectivity index (χ4n) is 5.29. The number of benzene rings is 2. The highest BCUT2D eigenvalue weighted by molar-refractivity contribution is 6.88. The number of hydrogen-bond acceptors (Lipinski definition) is 0. The predicted molar refractivity (Wildman–Crippen MR) is 110 cm³/mol. The van der Waals surface area contributed by atoms with E-state index in [0.29, 0.717) is 17.7 Å². The standard InChI is InChI=1S/C23H16BF10N/c1-7-6-10(35(2)3)11-8(7)4-5-9(11)24(12-14(25)18(29)22(33)19(30)15(12)26)13-16(27)20(31)23(34)21(32)17(13)28/h4-5,7,9,24H,6H2,1-3H3/t7-,9+/m0/s1. The van der Waals surface area contributed by atoms with Crippen molar-refractivity contribution in [2.24, 2.45) is 5.92 Å². The highest BCUT2D eigenvalue weighted by Crippen LogP contribution is 2.44. The van der Waals surface area contributed by atoms with E-state index >= 15 is 0 Å². The molecule has 0 radical (unpaired) electrons. The first-order valence-electron chi connectivity index (χ1n) is 10.5. The third-order valence-electron chi connectivity index (χ3n) is 6.87. The summed E-state index contributed by atoms with van der Waals surface area (Å²) in [5, 5.41) is 0. The lowest BCUT2D eigenvalue weighted by atomic mass is 9.32. The predicted octanol–water partition coefficient (Wildman–Crippen LogP) is 4.41. The van der Waals surface area contributed by atoms with Crippen LogP contribution >= 0.6 is 0 Å². The van der Waals surface area contributed by atoms with Gasteiger partial charge in [-0.2, -0.15) is 0 Å². The SMILES string of the molecule is C[C@H]1CC(=[N+](C)C)C2=C1C=C[C@H]2[BH-](c1c(F)c(F)c(F)c(F)c1F)c1c(F)c(F)c(F)c(F)c1F. The molecule has 35 heavy (non-hydrogen) atoms. The van der Waals surface area contributed by atoms with Gasteiger partial charge in [0.15, 0.2) is 40.6 Å². The zero-order valence-corrected chi connectivity index (χ0v) is 18.5. The van der Waals surface area contributed by atoms with Crippen LogP contribution in [0, 0.1) is 64.1 Å². The molecule has 0 N–H and O–H groups in total. The summed E-state index contributed by atoms with van der Waals surface area (Å²) in [7, 11) is 3.21. The van der Waals surface area contributed by atoms with Crippen LogP contribution in [0.15, 0.2) is 23.3 Å². The van der Waals surface area contributed by atoms with Crippen LogP contribution in [0.25, 0.3) is 0 Å². The van der Waals surface area contributed by atoms with E-state index in [2.05, 4.69) is 0 Å². The number of hydrogen-bond donors (Lipinski definition) is 0. The molecule has 0 saturated carbocycles. The Kier molecular flexibility index (Phi) is 6.13. The van der Waals surface area contributed by atoms with Gasteiger partial charge in [-0.3, -0.25) is 0 Å².